The van der Waals surface area contributed by atoms with Gasteiger partial charge in [0.05, 0.1) is 6.04 Å². The fraction of sp³-hybridized carbons (Fsp3) is 0.320. The first kappa shape index (κ1) is 21.5. The van der Waals surface area contributed by atoms with E-state index < -0.39 is 12.2 Å². The highest BCUT2D eigenvalue weighted by molar-refractivity contribution is 6.00. The molecule has 2 atom stereocenters. The van der Waals surface area contributed by atoms with Gasteiger partial charge in [0.25, 0.3) is 5.91 Å². The summed E-state index contributed by atoms with van der Waals surface area (Å²) in [7, 11) is 0. The minimum Gasteiger partial charge on any atom is -0.435 e. The summed E-state index contributed by atoms with van der Waals surface area (Å²) in [6.07, 6.45) is 3.95. The van der Waals surface area contributed by atoms with Crippen LogP contribution in [0.3, 0.4) is 0 Å². The van der Waals surface area contributed by atoms with Crippen LogP contribution in [-0.2, 0) is 5.60 Å². The predicted octanol–water partition coefficient (Wildman–Crippen LogP) is 4.66. The van der Waals surface area contributed by atoms with Crippen LogP contribution in [0, 0.1) is 0 Å². The molecule has 3 aromatic rings. The Hall–Kier alpha value is -3.39. The molecule has 3 heterocycles. The fourth-order valence-electron chi connectivity index (χ4n) is 4.85. The molecular formula is C25H23F2N3O3. The van der Waals surface area contributed by atoms with Gasteiger partial charge in [-0.25, -0.2) is 9.97 Å². The Morgan fingerprint density at radius 3 is 2.52 bits per heavy atom. The third-order valence-electron chi connectivity index (χ3n) is 6.33. The third-order valence-corrected chi connectivity index (χ3v) is 6.33. The van der Waals surface area contributed by atoms with Crippen LogP contribution in [0.1, 0.15) is 59.5 Å². The van der Waals surface area contributed by atoms with Crippen molar-refractivity contribution in [2.75, 3.05) is 6.54 Å². The second-order valence-electron chi connectivity index (χ2n) is 8.91. The predicted molar refractivity (Wildman–Crippen MR) is 117 cm³/mol. The number of ether oxygens (including phenoxy) is 1. The number of amides is 1. The lowest BCUT2D eigenvalue weighted by atomic mass is 9.86. The van der Waals surface area contributed by atoms with Crippen LogP contribution in [-0.4, -0.2) is 39.0 Å². The van der Waals surface area contributed by atoms with Gasteiger partial charge >= 0.3 is 6.61 Å². The van der Waals surface area contributed by atoms with Crippen LogP contribution in [0.15, 0.2) is 54.9 Å². The van der Waals surface area contributed by atoms with E-state index >= 15 is 0 Å². The molecule has 1 N–H and O–H groups in total. The van der Waals surface area contributed by atoms with Crippen molar-refractivity contribution >= 4 is 5.91 Å². The van der Waals surface area contributed by atoms with Gasteiger partial charge in [-0.2, -0.15) is 8.78 Å². The highest BCUT2D eigenvalue weighted by Crippen LogP contribution is 2.51. The zero-order valence-corrected chi connectivity index (χ0v) is 18.2. The molecule has 170 valence electrons. The number of hydrogen-bond acceptors (Lipinski definition) is 5. The average Bonchev–Trinajstić information content (AvgIpc) is 3.33. The summed E-state index contributed by atoms with van der Waals surface area (Å²) in [5.74, 6) is 0.256. The van der Waals surface area contributed by atoms with Gasteiger partial charge in [0.2, 0.25) is 0 Å². The van der Waals surface area contributed by atoms with E-state index in [4.69, 9.17) is 4.74 Å². The number of para-hydroxylation sites is 1. The van der Waals surface area contributed by atoms with Gasteiger partial charge in [0.15, 0.2) is 5.82 Å². The molecule has 0 spiro atoms. The summed E-state index contributed by atoms with van der Waals surface area (Å²) >= 11 is 0. The van der Waals surface area contributed by atoms with Crippen molar-refractivity contribution < 1.29 is 23.4 Å². The molecule has 2 aromatic carbocycles. The number of alkyl halides is 2. The van der Waals surface area contributed by atoms with Crippen molar-refractivity contribution in [3.8, 4) is 16.9 Å². The van der Waals surface area contributed by atoms with E-state index in [1.807, 2.05) is 17.0 Å². The summed E-state index contributed by atoms with van der Waals surface area (Å²) in [5, 5.41) is 10.1. The number of carbonyl (C=O) groups excluding carboxylic acids is 1. The first-order chi connectivity index (χ1) is 15.7. The Balaban J connectivity index is 1.53. The highest BCUT2D eigenvalue weighted by Gasteiger charge is 2.46. The fourth-order valence-corrected chi connectivity index (χ4v) is 4.85. The number of aromatic nitrogens is 2. The van der Waals surface area contributed by atoms with Crippen LogP contribution in [0.5, 0.6) is 5.75 Å². The molecule has 1 saturated heterocycles. The number of nitrogens with zero attached hydrogens (tertiary/aromatic N) is 3. The van der Waals surface area contributed by atoms with Crippen LogP contribution in [0.2, 0.25) is 0 Å². The molecule has 33 heavy (non-hydrogen) atoms. The first-order valence-electron chi connectivity index (χ1n) is 10.8. The van der Waals surface area contributed by atoms with Crippen LogP contribution >= 0.6 is 0 Å². The second-order valence-corrected chi connectivity index (χ2v) is 8.91. The standard InChI is InChI=1S/C25H23F2N3O3/c1-25(2,32)23-28-12-15(13-29-23)14-7-8-18-19(11-14)21-17(9-10-30(21)22(18)31)16-5-3-4-6-20(16)33-24(26)27/h3-8,11-13,17,21,24,32H,9-10H2,1-2H3/t17-,21+/m0/s1. The maximum Gasteiger partial charge on any atom is 0.387 e. The van der Waals surface area contributed by atoms with Crippen molar-refractivity contribution in [1.29, 1.82) is 0 Å². The molecule has 2 aliphatic heterocycles. The Kier molecular flexibility index (Phi) is 5.12. The summed E-state index contributed by atoms with van der Waals surface area (Å²) in [4.78, 5) is 23.4. The molecule has 2 aliphatic rings. The van der Waals surface area contributed by atoms with E-state index in [2.05, 4.69) is 9.97 Å². The Morgan fingerprint density at radius 1 is 1.09 bits per heavy atom. The maximum atomic E-state index is 13.0. The van der Waals surface area contributed by atoms with E-state index in [1.165, 1.54) is 0 Å². The zero-order valence-electron chi connectivity index (χ0n) is 18.2. The lowest BCUT2D eigenvalue weighted by Gasteiger charge is -2.24. The molecule has 0 saturated carbocycles. The largest absolute Gasteiger partial charge is 0.435 e. The Morgan fingerprint density at radius 2 is 1.82 bits per heavy atom. The number of rotatable bonds is 5. The molecule has 0 aliphatic carbocycles. The van der Waals surface area contributed by atoms with Crippen molar-refractivity contribution in [3.05, 3.63) is 77.4 Å². The number of benzene rings is 2. The van der Waals surface area contributed by atoms with Gasteiger partial charge in [-0.15, -0.1) is 0 Å². The number of carbonyl (C=O) groups is 1. The highest BCUT2D eigenvalue weighted by atomic mass is 19.3. The van der Waals surface area contributed by atoms with Crippen LogP contribution < -0.4 is 4.74 Å². The quantitative estimate of drug-likeness (QED) is 0.611. The third kappa shape index (κ3) is 3.74. The SMILES string of the molecule is CC(C)(O)c1ncc(-c2ccc3c(c2)[C@H]2[C@H](c4ccccc4OC(F)F)CCN2C3=O)cn1. The topological polar surface area (TPSA) is 75.6 Å². The molecule has 1 aromatic heterocycles. The van der Waals surface area contributed by atoms with Gasteiger partial charge in [-0.3, -0.25) is 4.79 Å². The van der Waals surface area contributed by atoms with Crippen molar-refractivity contribution in [2.24, 2.45) is 0 Å². The molecular weight excluding hydrogens is 428 g/mol. The minimum absolute atomic E-state index is 0.0510. The molecule has 0 bridgehead atoms. The van der Waals surface area contributed by atoms with Gasteiger partial charge in [-0.05, 0) is 55.2 Å². The van der Waals surface area contributed by atoms with E-state index in [-0.39, 0.29) is 23.6 Å². The van der Waals surface area contributed by atoms with E-state index in [9.17, 15) is 18.7 Å². The zero-order chi connectivity index (χ0) is 23.3. The van der Waals surface area contributed by atoms with E-state index in [1.54, 1.807) is 56.6 Å². The lowest BCUT2D eigenvalue weighted by molar-refractivity contribution is -0.0507. The number of halogens is 2. The molecule has 6 nitrogen and oxygen atoms in total. The van der Waals surface area contributed by atoms with Crippen LogP contribution in [0.25, 0.3) is 11.1 Å². The van der Waals surface area contributed by atoms with Crippen molar-refractivity contribution in [1.82, 2.24) is 14.9 Å². The molecule has 1 fully saturated rings. The summed E-state index contributed by atoms with van der Waals surface area (Å²) in [6, 6.07) is 12.1. The molecule has 8 heteroatoms. The van der Waals surface area contributed by atoms with E-state index in [0.717, 1.165) is 16.7 Å². The summed E-state index contributed by atoms with van der Waals surface area (Å²) in [5.41, 5.74) is 2.61. The molecule has 5 rings (SSSR count). The first-order valence-corrected chi connectivity index (χ1v) is 10.8. The Bertz CT molecular complexity index is 1210. The molecule has 1 amide bonds. The van der Waals surface area contributed by atoms with Crippen LogP contribution in [0.4, 0.5) is 8.78 Å². The minimum atomic E-state index is -2.92. The lowest BCUT2D eigenvalue weighted by Crippen LogP contribution is -2.23. The van der Waals surface area contributed by atoms with Crippen molar-refractivity contribution in [2.45, 2.75) is 44.4 Å². The van der Waals surface area contributed by atoms with E-state index in [0.29, 0.717) is 29.9 Å². The summed E-state index contributed by atoms with van der Waals surface area (Å²) in [6.45, 7) is 0.866. The van der Waals surface area contributed by atoms with Gasteiger partial charge in [-0.1, -0.05) is 24.3 Å². The number of aliphatic hydroxyl groups is 1. The Labute approximate surface area is 189 Å². The summed E-state index contributed by atoms with van der Waals surface area (Å²) < 4.78 is 30.7. The normalized spacial score (nSPS) is 19.7. The van der Waals surface area contributed by atoms with Crippen molar-refractivity contribution in [3.63, 3.8) is 0 Å². The number of fused-ring (bicyclic) bond motifs is 3. The monoisotopic (exact) mass is 451 g/mol. The van der Waals surface area contributed by atoms with Gasteiger partial charge in [0.1, 0.15) is 11.4 Å². The average molecular weight is 451 g/mol. The van der Waals surface area contributed by atoms with Gasteiger partial charge < -0.3 is 14.7 Å². The number of hydrogen-bond donors (Lipinski definition) is 1. The molecule has 0 radical (unpaired) electrons. The van der Waals surface area contributed by atoms with Gasteiger partial charge in [0, 0.05) is 36.0 Å². The maximum absolute atomic E-state index is 13.0. The second kappa shape index (κ2) is 7.88. The smallest absolute Gasteiger partial charge is 0.387 e. The molecule has 0 unspecified atom stereocenters.